The summed E-state index contributed by atoms with van der Waals surface area (Å²) in [4.78, 5) is 25.0. The molecule has 3 aromatic heterocycles. The van der Waals surface area contributed by atoms with E-state index >= 15 is 0 Å². The second-order valence-corrected chi connectivity index (χ2v) is 7.74. The van der Waals surface area contributed by atoms with Crippen molar-refractivity contribution in [1.29, 1.82) is 0 Å². The Morgan fingerprint density at radius 2 is 1.97 bits per heavy atom. The molecule has 0 aliphatic rings. The van der Waals surface area contributed by atoms with Crippen LogP contribution in [0.4, 0.5) is 5.82 Å². The zero-order valence-corrected chi connectivity index (χ0v) is 16.9. The average molecular weight is 411 g/mol. The van der Waals surface area contributed by atoms with Crippen molar-refractivity contribution >= 4 is 44.5 Å². The Morgan fingerprint density at radius 1 is 1.10 bits per heavy atom. The molecule has 0 fully saturated rings. The number of hydrazone groups is 1. The molecule has 0 unspecified atom stereocenters. The Bertz CT molecular complexity index is 1450. The van der Waals surface area contributed by atoms with Gasteiger partial charge in [-0.25, -0.2) is 9.97 Å². The zero-order chi connectivity index (χ0) is 20.5. The number of nitrogens with one attached hydrogen (secondary N) is 2. The van der Waals surface area contributed by atoms with Gasteiger partial charge < -0.3 is 4.98 Å². The van der Waals surface area contributed by atoms with Crippen LogP contribution in [-0.2, 0) is 0 Å². The van der Waals surface area contributed by atoms with E-state index in [1.165, 1.54) is 12.5 Å². The van der Waals surface area contributed by atoms with Gasteiger partial charge in [-0.15, -0.1) is 11.3 Å². The fourth-order valence-corrected chi connectivity index (χ4v) is 4.37. The third-order valence-corrected chi connectivity index (χ3v) is 5.83. The van der Waals surface area contributed by atoms with E-state index in [1.807, 2.05) is 49.4 Å². The number of benzene rings is 2. The molecule has 5 rings (SSSR count). The number of para-hydroxylation sites is 1. The van der Waals surface area contributed by atoms with Crippen LogP contribution in [0, 0.1) is 6.92 Å². The highest BCUT2D eigenvalue weighted by molar-refractivity contribution is 7.17. The summed E-state index contributed by atoms with van der Waals surface area (Å²) in [6, 6.07) is 17.8. The van der Waals surface area contributed by atoms with Gasteiger partial charge in [0.05, 0.1) is 22.7 Å². The van der Waals surface area contributed by atoms with Gasteiger partial charge in [0.25, 0.3) is 5.56 Å². The Kier molecular flexibility index (Phi) is 4.57. The second kappa shape index (κ2) is 7.53. The number of hydrogen-bond donors (Lipinski definition) is 2. The first-order valence-corrected chi connectivity index (χ1v) is 10.3. The van der Waals surface area contributed by atoms with Gasteiger partial charge in [0, 0.05) is 10.9 Å². The fraction of sp³-hybridized carbons (Fsp3) is 0.0435. The highest BCUT2D eigenvalue weighted by Gasteiger charge is 2.12. The first-order chi connectivity index (χ1) is 14.7. The molecule has 0 radical (unpaired) electrons. The van der Waals surface area contributed by atoms with Crippen molar-refractivity contribution in [3.63, 3.8) is 0 Å². The molecule has 3 heterocycles. The number of rotatable bonds is 4. The largest absolute Gasteiger partial charge is 0.321 e. The van der Waals surface area contributed by atoms with Crippen molar-refractivity contribution in [3.05, 3.63) is 87.8 Å². The summed E-state index contributed by atoms with van der Waals surface area (Å²) < 4.78 is 0. The molecular weight excluding hydrogens is 394 g/mol. The summed E-state index contributed by atoms with van der Waals surface area (Å²) >= 11 is 1.56. The van der Waals surface area contributed by atoms with Crippen LogP contribution in [0.25, 0.3) is 32.2 Å². The van der Waals surface area contributed by atoms with E-state index in [0.717, 1.165) is 37.8 Å². The summed E-state index contributed by atoms with van der Waals surface area (Å²) in [6.07, 6.45) is 3.03. The van der Waals surface area contributed by atoms with Crippen molar-refractivity contribution in [2.75, 3.05) is 5.43 Å². The predicted molar refractivity (Wildman–Crippen MR) is 123 cm³/mol. The summed E-state index contributed by atoms with van der Waals surface area (Å²) in [7, 11) is 0. The van der Waals surface area contributed by atoms with Gasteiger partial charge in [-0.05, 0) is 29.5 Å². The predicted octanol–water partition coefficient (Wildman–Crippen LogP) is 4.95. The van der Waals surface area contributed by atoms with E-state index < -0.39 is 0 Å². The number of aromatic amines is 1. The van der Waals surface area contributed by atoms with E-state index in [1.54, 1.807) is 11.3 Å². The number of fused-ring (bicyclic) bond motifs is 2. The molecule has 0 aliphatic carbocycles. The molecule has 0 saturated heterocycles. The lowest BCUT2D eigenvalue weighted by atomic mass is 10.1. The number of H-pyrrole nitrogens is 1. The Balaban J connectivity index is 1.51. The Labute approximate surface area is 176 Å². The van der Waals surface area contributed by atoms with Gasteiger partial charge >= 0.3 is 0 Å². The lowest BCUT2D eigenvalue weighted by Gasteiger charge is -2.05. The lowest BCUT2D eigenvalue weighted by molar-refractivity contribution is 1.19. The molecule has 6 nitrogen and oxygen atoms in total. The number of thiophene rings is 1. The summed E-state index contributed by atoms with van der Waals surface area (Å²) in [6.45, 7) is 1.97. The van der Waals surface area contributed by atoms with Crippen molar-refractivity contribution < 1.29 is 0 Å². The van der Waals surface area contributed by atoms with Crippen LogP contribution in [0.15, 0.2) is 76.2 Å². The van der Waals surface area contributed by atoms with E-state index in [-0.39, 0.29) is 5.56 Å². The third kappa shape index (κ3) is 3.25. The van der Waals surface area contributed by atoms with E-state index in [0.29, 0.717) is 11.4 Å². The summed E-state index contributed by atoms with van der Waals surface area (Å²) in [5, 5.41) is 8.23. The maximum atomic E-state index is 12.4. The number of pyridine rings is 1. The molecule has 2 N–H and O–H groups in total. The highest BCUT2D eigenvalue weighted by atomic mass is 32.1. The van der Waals surface area contributed by atoms with Crippen molar-refractivity contribution in [1.82, 2.24) is 15.0 Å². The van der Waals surface area contributed by atoms with Crippen molar-refractivity contribution in [2.24, 2.45) is 5.10 Å². The topological polar surface area (TPSA) is 83.0 Å². The molecule has 0 spiro atoms. The number of aromatic nitrogens is 3. The smallest absolute Gasteiger partial charge is 0.257 e. The molecule has 0 atom stereocenters. The maximum absolute atomic E-state index is 12.4. The third-order valence-electron chi connectivity index (χ3n) is 4.95. The number of nitrogens with zero attached hydrogens (tertiary/aromatic N) is 3. The molecule has 30 heavy (non-hydrogen) atoms. The molecule has 0 amide bonds. The monoisotopic (exact) mass is 411 g/mol. The van der Waals surface area contributed by atoms with Gasteiger partial charge in [-0.3, -0.25) is 10.2 Å². The van der Waals surface area contributed by atoms with Crippen LogP contribution >= 0.6 is 11.3 Å². The quantitative estimate of drug-likeness (QED) is 0.324. The highest BCUT2D eigenvalue weighted by Crippen LogP contribution is 2.36. The van der Waals surface area contributed by atoms with Crippen molar-refractivity contribution in [2.45, 2.75) is 6.92 Å². The minimum absolute atomic E-state index is 0.185. The number of anilines is 1. The Morgan fingerprint density at radius 3 is 2.83 bits per heavy atom. The SMILES string of the molecule is Cc1cccc2cc(/C=N\Nc3ncnc4scc(-c5ccccc5)c34)c(=O)[nH]c12. The van der Waals surface area contributed by atoms with Crippen LogP contribution in [0.1, 0.15) is 11.1 Å². The van der Waals surface area contributed by atoms with E-state index in [9.17, 15) is 4.79 Å². The lowest BCUT2D eigenvalue weighted by Crippen LogP contribution is -2.12. The van der Waals surface area contributed by atoms with Crippen LogP contribution in [0.2, 0.25) is 0 Å². The average Bonchev–Trinajstić information content (AvgIpc) is 3.21. The van der Waals surface area contributed by atoms with E-state index in [2.05, 4.69) is 43.0 Å². The van der Waals surface area contributed by atoms with Gasteiger partial charge in [-0.2, -0.15) is 5.10 Å². The molecule has 0 aliphatic heterocycles. The molecule has 0 bridgehead atoms. The van der Waals surface area contributed by atoms with Gasteiger partial charge in [-0.1, -0.05) is 48.5 Å². The van der Waals surface area contributed by atoms with E-state index in [4.69, 9.17) is 0 Å². The van der Waals surface area contributed by atoms with Crippen LogP contribution in [-0.4, -0.2) is 21.2 Å². The standard InChI is InChI=1S/C23H17N5OS/c1-14-6-5-9-16-10-17(22(29)27-20(14)16)11-26-28-21-19-18(15-7-3-2-4-8-15)12-30-23(19)25-13-24-21/h2-13H,1H3,(H,27,29)(H,24,25,28)/b26-11-. The molecule has 7 heteroatoms. The maximum Gasteiger partial charge on any atom is 0.257 e. The van der Waals surface area contributed by atoms with Crippen LogP contribution in [0.3, 0.4) is 0 Å². The fourth-order valence-electron chi connectivity index (χ4n) is 3.45. The number of aryl methyl sites for hydroxylation is 1. The van der Waals surface area contributed by atoms with Gasteiger partial charge in [0.15, 0.2) is 5.82 Å². The first-order valence-electron chi connectivity index (χ1n) is 9.40. The first kappa shape index (κ1) is 18.2. The Hall–Kier alpha value is -3.84. The molecular formula is C23H17N5OS. The minimum atomic E-state index is -0.185. The van der Waals surface area contributed by atoms with Gasteiger partial charge in [0.2, 0.25) is 0 Å². The van der Waals surface area contributed by atoms with Crippen molar-refractivity contribution in [3.8, 4) is 11.1 Å². The normalized spacial score (nSPS) is 11.5. The summed E-state index contributed by atoms with van der Waals surface area (Å²) in [5.41, 5.74) is 7.29. The summed E-state index contributed by atoms with van der Waals surface area (Å²) in [5.74, 6) is 0.601. The molecule has 146 valence electrons. The second-order valence-electron chi connectivity index (χ2n) is 6.88. The minimum Gasteiger partial charge on any atom is -0.321 e. The van der Waals surface area contributed by atoms with Gasteiger partial charge in [0.1, 0.15) is 11.2 Å². The van der Waals surface area contributed by atoms with Crippen LogP contribution in [0.5, 0.6) is 0 Å². The van der Waals surface area contributed by atoms with Crippen LogP contribution < -0.4 is 11.0 Å². The zero-order valence-electron chi connectivity index (χ0n) is 16.1. The number of hydrogen-bond acceptors (Lipinski definition) is 6. The molecule has 5 aromatic rings. The molecule has 2 aromatic carbocycles. The molecule has 0 saturated carbocycles.